The van der Waals surface area contributed by atoms with Crippen molar-refractivity contribution >= 4 is 32.9 Å². The lowest BCUT2D eigenvalue weighted by Crippen LogP contribution is -2.20. The third-order valence-corrected chi connectivity index (χ3v) is 5.73. The topological polar surface area (TPSA) is 124 Å². The van der Waals surface area contributed by atoms with E-state index in [1.165, 1.54) is 37.5 Å². The van der Waals surface area contributed by atoms with E-state index in [0.29, 0.717) is 6.07 Å². The molecule has 0 spiro atoms. The highest BCUT2D eigenvalue weighted by Gasteiger charge is 2.25. The van der Waals surface area contributed by atoms with Gasteiger partial charge in [0.15, 0.2) is 11.6 Å². The van der Waals surface area contributed by atoms with Crippen LogP contribution < -0.4 is 14.8 Å². The fraction of sp³-hybridized carbons (Fsp3) is 0.143. The second-order valence-electron chi connectivity index (χ2n) is 6.61. The number of allylic oxidation sites excluding steroid dienone is 1. The second kappa shape index (κ2) is 9.18. The number of aliphatic hydroxyl groups excluding tert-OH is 1. The highest BCUT2D eigenvalue weighted by atomic mass is 32.2. The molecular weight excluding hydrogens is 442 g/mol. The first kappa shape index (κ1) is 22.9. The number of ether oxygens (including phenoxy) is 1. The van der Waals surface area contributed by atoms with Gasteiger partial charge in [-0.25, -0.2) is 22.2 Å². The average molecular weight is 462 g/mol. The lowest BCUT2D eigenvalue weighted by atomic mass is 9.94. The van der Waals surface area contributed by atoms with Crippen LogP contribution in [0.25, 0.3) is 5.57 Å². The van der Waals surface area contributed by atoms with Gasteiger partial charge in [-0.1, -0.05) is 0 Å². The Morgan fingerprint density at radius 1 is 1.19 bits per heavy atom. The van der Waals surface area contributed by atoms with Gasteiger partial charge in [0, 0.05) is 42.3 Å². The van der Waals surface area contributed by atoms with Gasteiger partial charge in [-0.3, -0.25) is 10.1 Å². The smallest absolute Gasteiger partial charge is 0.232 e. The van der Waals surface area contributed by atoms with Crippen LogP contribution in [-0.4, -0.2) is 37.9 Å². The van der Waals surface area contributed by atoms with Crippen molar-refractivity contribution < 1.29 is 27.0 Å². The molecule has 4 N–H and O–H groups in total. The Bertz CT molecular complexity index is 1270. The molecule has 8 nitrogen and oxygen atoms in total. The Hall–Kier alpha value is -3.73. The zero-order chi connectivity index (χ0) is 23.5. The highest BCUT2D eigenvalue weighted by molar-refractivity contribution is 7.92. The second-order valence-corrected chi connectivity index (χ2v) is 8.62. The standard InChI is InChI=1S/C21H20F2N4O4S/c1-3-32(29,30)27-13-5-7-18(31-19-6-4-12(22)8-17(19)23)14(9-13)15-11-26-21(28)16(10-25-2)20(15)24/h4-11,24-25,27H,3H2,1-2H3,(H,26,28)/b16-10+,24-20?. The van der Waals surface area contributed by atoms with E-state index in [1.807, 2.05) is 0 Å². The number of halogens is 2. The molecule has 0 aliphatic carbocycles. The predicted molar refractivity (Wildman–Crippen MR) is 119 cm³/mol. The molecule has 1 heterocycles. The molecule has 0 atom stereocenters. The first-order valence-electron chi connectivity index (χ1n) is 9.37. The van der Waals surface area contributed by atoms with Crippen molar-refractivity contribution in [1.82, 2.24) is 5.32 Å². The number of benzene rings is 2. The summed E-state index contributed by atoms with van der Waals surface area (Å²) in [5, 5.41) is 21.2. The van der Waals surface area contributed by atoms with Crippen LogP contribution in [0.5, 0.6) is 11.5 Å². The van der Waals surface area contributed by atoms with E-state index in [2.05, 4.69) is 15.0 Å². The van der Waals surface area contributed by atoms with Gasteiger partial charge in [-0.15, -0.1) is 0 Å². The maximum absolute atomic E-state index is 14.2. The fourth-order valence-electron chi connectivity index (χ4n) is 2.82. The molecule has 0 aromatic heterocycles. The summed E-state index contributed by atoms with van der Waals surface area (Å²) in [7, 11) is -2.02. The number of hydrogen-bond acceptors (Lipinski definition) is 6. The lowest BCUT2D eigenvalue weighted by molar-refractivity contribution is 0.437. The summed E-state index contributed by atoms with van der Waals surface area (Å²) in [6, 6.07) is 7.00. The first-order valence-corrected chi connectivity index (χ1v) is 11.0. The van der Waals surface area contributed by atoms with Gasteiger partial charge in [-0.05, 0) is 37.3 Å². The molecule has 3 rings (SSSR count). The van der Waals surface area contributed by atoms with Crippen molar-refractivity contribution in [1.29, 1.82) is 5.41 Å². The predicted octanol–water partition coefficient (Wildman–Crippen LogP) is 3.95. The van der Waals surface area contributed by atoms with E-state index in [1.54, 1.807) is 7.05 Å². The molecule has 11 heteroatoms. The molecule has 2 aromatic carbocycles. The average Bonchev–Trinajstić information content (AvgIpc) is 2.74. The summed E-state index contributed by atoms with van der Waals surface area (Å²) >= 11 is 0. The summed E-state index contributed by atoms with van der Waals surface area (Å²) < 4.78 is 59.4. The minimum atomic E-state index is -3.60. The number of aliphatic hydroxyl groups is 1. The quantitative estimate of drug-likeness (QED) is 0.496. The Morgan fingerprint density at radius 3 is 2.56 bits per heavy atom. The van der Waals surface area contributed by atoms with Crippen molar-refractivity contribution in [3.63, 3.8) is 0 Å². The van der Waals surface area contributed by atoms with Gasteiger partial charge in [0.25, 0.3) is 0 Å². The zero-order valence-corrected chi connectivity index (χ0v) is 17.9. The first-order chi connectivity index (χ1) is 15.1. The van der Waals surface area contributed by atoms with Crippen LogP contribution in [0.1, 0.15) is 12.5 Å². The number of sulfonamides is 1. The summed E-state index contributed by atoms with van der Waals surface area (Å²) in [6.45, 7) is 1.48. The van der Waals surface area contributed by atoms with Crippen molar-refractivity contribution in [3.05, 3.63) is 71.6 Å². The Labute approximate surface area is 183 Å². The third-order valence-electron chi connectivity index (χ3n) is 4.42. The maximum Gasteiger partial charge on any atom is 0.232 e. The number of nitrogens with zero attached hydrogens (tertiary/aromatic N) is 1. The number of hydrogen-bond donors (Lipinski definition) is 4. The van der Waals surface area contributed by atoms with Gasteiger partial charge in [0.2, 0.25) is 15.9 Å². The molecule has 0 saturated carbocycles. The van der Waals surface area contributed by atoms with Crippen LogP contribution >= 0.6 is 0 Å². The number of nitrogens with one attached hydrogen (secondary N) is 3. The van der Waals surface area contributed by atoms with E-state index in [9.17, 15) is 22.3 Å². The number of rotatable bonds is 7. The van der Waals surface area contributed by atoms with Crippen molar-refractivity contribution in [3.8, 4) is 11.5 Å². The lowest BCUT2D eigenvalue weighted by Gasteiger charge is -2.19. The Kier molecular flexibility index (Phi) is 6.58. The largest absolute Gasteiger partial charge is 0.493 e. The fourth-order valence-corrected chi connectivity index (χ4v) is 3.45. The van der Waals surface area contributed by atoms with Crippen LogP contribution in [0.4, 0.5) is 14.5 Å². The Morgan fingerprint density at radius 2 is 1.91 bits per heavy atom. The molecule has 0 fully saturated rings. The molecule has 1 aliphatic rings. The minimum Gasteiger partial charge on any atom is -0.493 e. The van der Waals surface area contributed by atoms with E-state index >= 15 is 0 Å². The molecule has 32 heavy (non-hydrogen) atoms. The molecule has 1 aliphatic heterocycles. The van der Waals surface area contributed by atoms with Gasteiger partial charge in [0.05, 0.1) is 17.0 Å². The number of anilines is 1. The number of aliphatic imine (C=N–C) groups is 1. The van der Waals surface area contributed by atoms with Crippen molar-refractivity contribution in [2.75, 3.05) is 17.5 Å². The molecular formula is C21H20F2N4O4S. The third kappa shape index (κ3) is 4.94. The zero-order valence-electron chi connectivity index (χ0n) is 17.1. The van der Waals surface area contributed by atoms with Crippen LogP contribution in [0, 0.1) is 17.0 Å². The summed E-state index contributed by atoms with van der Waals surface area (Å²) in [5.74, 6) is -2.47. The SMILES string of the molecule is CCS(=O)(=O)Nc1ccc(Oc2ccc(F)cc2F)c(C2=CN=C(O)/C(=C/NC)C2=N)c1. The van der Waals surface area contributed by atoms with E-state index in [-0.39, 0.29) is 51.3 Å². The molecule has 2 aromatic rings. The summed E-state index contributed by atoms with van der Waals surface area (Å²) in [4.78, 5) is 3.88. The molecule has 0 unspecified atom stereocenters. The van der Waals surface area contributed by atoms with Gasteiger partial charge < -0.3 is 15.2 Å². The monoisotopic (exact) mass is 462 g/mol. The van der Waals surface area contributed by atoms with Gasteiger partial charge in [0.1, 0.15) is 11.6 Å². The van der Waals surface area contributed by atoms with Gasteiger partial charge in [-0.2, -0.15) is 0 Å². The molecule has 0 saturated heterocycles. The minimum absolute atomic E-state index is 0.0614. The van der Waals surface area contributed by atoms with Crippen LogP contribution in [0.3, 0.4) is 0 Å². The van der Waals surface area contributed by atoms with Crippen LogP contribution in [-0.2, 0) is 10.0 Å². The molecule has 168 valence electrons. The van der Waals surface area contributed by atoms with Crippen LogP contribution in [0.15, 0.2) is 59.4 Å². The van der Waals surface area contributed by atoms with Gasteiger partial charge >= 0.3 is 0 Å². The van der Waals surface area contributed by atoms with Crippen LogP contribution in [0.2, 0.25) is 0 Å². The molecule has 0 bridgehead atoms. The Balaban J connectivity index is 2.14. The highest BCUT2D eigenvalue weighted by Crippen LogP contribution is 2.36. The van der Waals surface area contributed by atoms with Crippen molar-refractivity contribution in [2.24, 2.45) is 4.99 Å². The van der Waals surface area contributed by atoms with Crippen molar-refractivity contribution in [2.45, 2.75) is 6.92 Å². The summed E-state index contributed by atoms with van der Waals surface area (Å²) in [5.41, 5.74) is 0.517. The summed E-state index contributed by atoms with van der Waals surface area (Å²) in [6.07, 6.45) is 2.59. The normalized spacial score (nSPS) is 15.2. The van der Waals surface area contributed by atoms with E-state index in [4.69, 9.17) is 10.1 Å². The maximum atomic E-state index is 14.2. The van der Waals surface area contributed by atoms with E-state index in [0.717, 1.165) is 12.1 Å². The molecule has 0 radical (unpaired) electrons. The van der Waals surface area contributed by atoms with E-state index < -0.39 is 21.7 Å². The molecule has 0 amide bonds.